The molecule has 1 heterocycles. The van der Waals surface area contributed by atoms with E-state index in [9.17, 15) is 0 Å². The molecule has 0 saturated carbocycles. The number of aromatic nitrogens is 1. The van der Waals surface area contributed by atoms with Crippen molar-refractivity contribution in [2.24, 2.45) is 0 Å². The second-order valence-electron chi connectivity index (χ2n) is 4.67. The van der Waals surface area contributed by atoms with Crippen LogP contribution in [0.3, 0.4) is 0 Å². The molecule has 0 aliphatic heterocycles. The monoisotopic (exact) mass is 347 g/mol. The lowest BCUT2D eigenvalue weighted by Gasteiger charge is -2.17. The lowest BCUT2D eigenvalue weighted by atomic mass is 10.2. The number of nitrogens with zero attached hydrogens (tertiary/aromatic N) is 2. The first-order valence-corrected chi connectivity index (χ1v) is 7.84. The summed E-state index contributed by atoms with van der Waals surface area (Å²) in [5.74, 6) is 0. The highest BCUT2D eigenvalue weighted by molar-refractivity contribution is 9.10. The van der Waals surface area contributed by atoms with Crippen molar-refractivity contribution in [3.8, 4) is 0 Å². The van der Waals surface area contributed by atoms with Crippen molar-refractivity contribution in [3.05, 3.63) is 46.9 Å². The first-order valence-electron chi connectivity index (χ1n) is 6.23. The first kappa shape index (κ1) is 13.4. The Kier molecular flexibility index (Phi) is 3.63. The molecule has 102 valence electrons. The lowest BCUT2D eigenvalue weighted by molar-refractivity contribution is 1.13. The third kappa shape index (κ3) is 2.64. The predicted molar refractivity (Wildman–Crippen MR) is 91.4 cm³/mol. The standard InChI is InChI=1S/C15H14BrN3S/c1-19(2)13-6-4-3-5-11(13)17-15-18-12-9-10(16)7-8-14(12)20-15/h3-9H,1-2H3,(H,17,18). The van der Waals surface area contributed by atoms with Crippen LogP contribution in [-0.4, -0.2) is 19.1 Å². The van der Waals surface area contributed by atoms with E-state index in [1.807, 2.05) is 38.4 Å². The maximum Gasteiger partial charge on any atom is 0.188 e. The van der Waals surface area contributed by atoms with E-state index >= 15 is 0 Å². The zero-order chi connectivity index (χ0) is 14.1. The molecular formula is C15H14BrN3S. The van der Waals surface area contributed by atoms with Gasteiger partial charge >= 0.3 is 0 Å². The van der Waals surface area contributed by atoms with Gasteiger partial charge < -0.3 is 10.2 Å². The molecule has 0 fully saturated rings. The molecule has 1 N–H and O–H groups in total. The molecule has 3 rings (SSSR count). The Morgan fingerprint density at radius 2 is 1.95 bits per heavy atom. The van der Waals surface area contributed by atoms with Crippen LogP contribution in [0, 0.1) is 0 Å². The molecule has 2 aromatic carbocycles. The molecule has 0 unspecified atom stereocenters. The molecule has 0 radical (unpaired) electrons. The lowest BCUT2D eigenvalue weighted by Crippen LogP contribution is -2.10. The second-order valence-corrected chi connectivity index (χ2v) is 6.61. The third-order valence-electron chi connectivity index (χ3n) is 2.98. The molecule has 0 bridgehead atoms. The van der Waals surface area contributed by atoms with Gasteiger partial charge in [0.1, 0.15) is 0 Å². The highest BCUT2D eigenvalue weighted by Gasteiger charge is 2.08. The highest BCUT2D eigenvalue weighted by Crippen LogP contribution is 2.32. The van der Waals surface area contributed by atoms with E-state index < -0.39 is 0 Å². The summed E-state index contributed by atoms with van der Waals surface area (Å²) >= 11 is 5.14. The SMILES string of the molecule is CN(C)c1ccccc1Nc1nc2cc(Br)ccc2s1. The number of para-hydroxylation sites is 2. The van der Waals surface area contributed by atoms with Gasteiger partial charge in [0.2, 0.25) is 0 Å². The number of benzene rings is 2. The van der Waals surface area contributed by atoms with E-state index in [2.05, 4.69) is 49.3 Å². The molecule has 0 spiro atoms. The zero-order valence-electron chi connectivity index (χ0n) is 11.2. The predicted octanol–water partition coefficient (Wildman–Crippen LogP) is 4.87. The molecule has 5 heteroatoms. The van der Waals surface area contributed by atoms with Gasteiger partial charge in [-0.1, -0.05) is 39.4 Å². The van der Waals surface area contributed by atoms with E-state index in [0.29, 0.717) is 0 Å². The third-order valence-corrected chi connectivity index (χ3v) is 4.42. The number of fused-ring (bicyclic) bond motifs is 1. The summed E-state index contributed by atoms with van der Waals surface area (Å²) in [5, 5.41) is 4.32. The van der Waals surface area contributed by atoms with Crippen LogP contribution in [0.2, 0.25) is 0 Å². The summed E-state index contributed by atoms with van der Waals surface area (Å²) in [4.78, 5) is 6.72. The quantitative estimate of drug-likeness (QED) is 0.732. The number of rotatable bonds is 3. The molecule has 0 atom stereocenters. The minimum absolute atomic E-state index is 0.910. The molecule has 0 aliphatic carbocycles. The Morgan fingerprint density at radius 1 is 1.15 bits per heavy atom. The summed E-state index contributed by atoms with van der Waals surface area (Å²) in [5.41, 5.74) is 3.22. The van der Waals surface area contributed by atoms with E-state index in [1.54, 1.807) is 11.3 Å². The van der Waals surface area contributed by atoms with Crippen molar-refractivity contribution in [2.45, 2.75) is 0 Å². The summed E-state index contributed by atoms with van der Waals surface area (Å²) in [6, 6.07) is 14.4. The number of hydrogen-bond acceptors (Lipinski definition) is 4. The first-order chi connectivity index (χ1) is 9.63. The number of thiazole rings is 1. The van der Waals surface area contributed by atoms with Crippen LogP contribution < -0.4 is 10.2 Å². The molecule has 3 aromatic rings. The topological polar surface area (TPSA) is 28.2 Å². The van der Waals surface area contributed by atoms with Gasteiger partial charge in [-0.25, -0.2) is 4.98 Å². The van der Waals surface area contributed by atoms with Gasteiger partial charge in [0.25, 0.3) is 0 Å². The van der Waals surface area contributed by atoms with E-state index in [-0.39, 0.29) is 0 Å². The Hall–Kier alpha value is -1.59. The van der Waals surface area contributed by atoms with Crippen molar-refractivity contribution in [2.75, 3.05) is 24.3 Å². The van der Waals surface area contributed by atoms with Crippen LogP contribution in [-0.2, 0) is 0 Å². The van der Waals surface area contributed by atoms with Crippen molar-refractivity contribution in [1.29, 1.82) is 0 Å². The van der Waals surface area contributed by atoms with Crippen LogP contribution >= 0.6 is 27.3 Å². The summed E-state index contributed by atoms with van der Waals surface area (Å²) in [6.45, 7) is 0. The Bertz CT molecular complexity index is 752. The number of nitrogens with one attached hydrogen (secondary N) is 1. The van der Waals surface area contributed by atoms with Crippen LogP contribution in [0.4, 0.5) is 16.5 Å². The maximum atomic E-state index is 4.63. The number of anilines is 3. The maximum absolute atomic E-state index is 4.63. The summed E-state index contributed by atoms with van der Waals surface area (Å²) < 4.78 is 2.23. The normalized spacial score (nSPS) is 10.8. The van der Waals surface area contributed by atoms with Gasteiger partial charge in [0, 0.05) is 18.6 Å². The van der Waals surface area contributed by atoms with Gasteiger partial charge in [0.15, 0.2) is 5.13 Å². The van der Waals surface area contributed by atoms with Gasteiger partial charge in [0.05, 0.1) is 21.6 Å². The molecule has 0 saturated heterocycles. The molecular weight excluding hydrogens is 334 g/mol. The van der Waals surface area contributed by atoms with Crippen molar-refractivity contribution < 1.29 is 0 Å². The molecule has 20 heavy (non-hydrogen) atoms. The molecule has 0 aliphatic rings. The van der Waals surface area contributed by atoms with Crippen molar-refractivity contribution in [1.82, 2.24) is 4.98 Å². The highest BCUT2D eigenvalue weighted by atomic mass is 79.9. The average Bonchev–Trinajstić information content (AvgIpc) is 2.80. The Morgan fingerprint density at radius 3 is 2.75 bits per heavy atom. The van der Waals surface area contributed by atoms with E-state index in [4.69, 9.17) is 0 Å². The van der Waals surface area contributed by atoms with Gasteiger partial charge in [-0.15, -0.1) is 0 Å². The minimum atomic E-state index is 0.910. The fraction of sp³-hybridized carbons (Fsp3) is 0.133. The smallest absolute Gasteiger partial charge is 0.188 e. The van der Waals surface area contributed by atoms with E-state index in [1.165, 1.54) is 4.70 Å². The summed E-state index contributed by atoms with van der Waals surface area (Å²) in [7, 11) is 4.08. The zero-order valence-corrected chi connectivity index (χ0v) is 13.6. The number of halogens is 1. The van der Waals surface area contributed by atoms with Gasteiger partial charge in [-0.3, -0.25) is 0 Å². The van der Waals surface area contributed by atoms with Crippen LogP contribution in [0.15, 0.2) is 46.9 Å². The Labute approximate surface area is 130 Å². The fourth-order valence-corrected chi connectivity index (χ4v) is 3.25. The average molecular weight is 348 g/mol. The van der Waals surface area contributed by atoms with Crippen LogP contribution in [0.1, 0.15) is 0 Å². The molecule has 3 nitrogen and oxygen atoms in total. The van der Waals surface area contributed by atoms with E-state index in [0.717, 1.165) is 26.5 Å². The van der Waals surface area contributed by atoms with Crippen LogP contribution in [0.5, 0.6) is 0 Å². The van der Waals surface area contributed by atoms with Gasteiger partial charge in [-0.05, 0) is 30.3 Å². The Balaban J connectivity index is 1.97. The minimum Gasteiger partial charge on any atom is -0.376 e. The molecule has 1 aromatic heterocycles. The summed E-state index contributed by atoms with van der Waals surface area (Å²) in [6.07, 6.45) is 0. The van der Waals surface area contributed by atoms with Gasteiger partial charge in [-0.2, -0.15) is 0 Å². The fourth-order valence-electron chi connectivity index (χ4n) is 2.04. The largest absolute Gasteiger partial charge is 0.376 e. The van der Waals surface area contributed by atoms with Crippen molar-refractivity contribution in [3.63, 3.8) is 0 Å². The van der Waals surface area contributed by atoms with Crippen molar-refractivity contribution >= 4 is 54.0 Å². The molecule has 0 amide bonds. The number of hydrogen-bond donors (Lipinski definition) is 1. The second kappa shape index (κ2) is 5.42. The van der Waals surface area contributed by atoms with Crippen LogP contribution in [0.25, 0.3) is 10.2 Å².